The summed E-state index contributed by atoms with van der Waals surface area (Å²) in [6.07, 6.45) is 10.9. The summed E-state index contributed by atoms with van der Waals surface area (Å²) in [7, 11) is 0. The highest BCUT2D eigenvalue weighted by atomic mass is 16.5. The molecular weight excluding hydrogens is 160 g/mol. The summed E-state index contributed by atoms with van der Waals surface area (Å²) in [6.45, 7) is 3.26. The Bertz CT molecular complexity index is 189. The second-order valence-electron chi connectivity index (χ2n) is 4.56. The van der Waals surface area contributed by atoms with Gasteiger partial charge in [-0.2, -0.15) is 0 Å². The Morgan fingerprint density at radius 1 is 1.46 bits per heavy atom. The Kier molecular flexibility index (Phi) is 3.05. The van der Waals surface area contributed by atoms with Crippen molar-refractivity contribution in [3.05, 3.63) is 11.6 Å². The van der Waals surface area contributed by atoms with Crippen LogP contribution in [0.4, 0.5) is 0 Å². The van der Waals surface area contributed by atoms with Gasteiger partial charge in [-0.1, -0.05) is 11.6 Å². The molecule has 0 saturated carbocycles. The Morgan fingerprint density at radius 3 is 3.00 bits per heavy atom. The predicted octanol–water partition coefficient (Wildman–Crippen LogP) is 3.30. The van der Waals surface area contributed by atoms with E-state index in [2.05, 4.69) is 13.0 Å². The van der Waals surface area contributed by atoms with E-state index in [4.69, 9.17) is 4.74 Å². The molecule has 0 aromatic heterocycles. The summed E-state index contributed by atoms with van der Waals surface area (Å²) in [5.74, 6) is 0.909. The van der Waals surface area contributed by atoms with Crippen LogP contribution in [0.2, 0.25) is 0 Å². The molecule has 13 heavy (non-hydrogen) atoms. The number of ether oxygens (including phenoxy) is 1. The molecule has 1 heteroatoms. The van der Waals surface area contributed by atoms with E-state index in [1.165, 1.54) is 38.5 Å². The molecule has 0 spiro atoms. The monoisotopic (exact) mass is 180 g/mol. The van der Waals surface area contributed by atoms with Crippen molar-refractivity contribution < 1.29 is 4.74 Å². The van der Waals surface area contributed by atoms with E-state index in [1.54, 1.807) is 5.57 Å². The van der Waals surface area contributed by atoms with Crippen LogP contribution in [0.1, 0.15) is 45.4 Å². The van der Waals surface area contributed by atoms with Crippen LogP contribution in [0.5, 0.6) is 0 Å². The molecule has 1 nitrogen and oxygen atoms in total. The van der Waals surface area contributed by atoms with Crippen LogP contribution in [0, 0.1) is 5.92 Å². The predicted molar refractivity (Wildman–Crippen MR) is 54.7 cm³/mol. The molecule has 0 radical (unpaired) electrons. The van der Waals surface area contributed by atoms with Crippen molar-refractivity contribution in [3.63, 3.8) is 0 Å². The van der Waals surface area contributed by atoms with E-state index in [1.807, 2.05) is 0 Å². The second-order valence-corrected chi connectivity index (χ2v) is 4.56. The number of hydrogen-bond acceptors (Lipinski definition) is 1. The molecule has 0 N–H and O–H groups in total. The van der Waals surface area contributed by atoms with Crippen molar-refractivity contribution in [2.24, 2.45) is 5.92 Å². The Morgan fingerprint density at radius 2 is 2.38 bits per heavy atom. The molecule has 1 heterocycles. The zero-order chi connectivity index (χ0) is 9.10. The summed E-state index contributed by atoms with van der Waals surface area (Å²) in [5, 5.41) is 0. The van der Waals surface area contributed by atoms with Crippen LogP contribution in [0.15, 0.2) is 11.6 Å². The van der Waals surface area contributed by atoms with E-state index in [-0.39, 0.29) is 0 Å². The molecule has 0 aromatic rings. The standard InChI is InChI=1S/C12H20O/c1-10-4-6-11(7-5-10)9-12-3-2-8-13-12/h4,11-12H,2-3,5-9H2,1H3/t11-,12+/m1/s1. The van der Waals surface area contributed by atoms with Gasteiger partial charge in [0.2, 0.25) is 0 Å². The molecule has 2 atom stereocenters. The zero-order valence-electron chi connectivity index (χ0n) is 8.59. The minimum atomic E-state index is 0.594. The minimum Gasteiger partial charge on any atom is -0.378 e. The summed E-state index contributed by atoms with van der Waals surface area (Å²) in [4.78, 5) is 0. The van der Waals surface area contributed by atoms with Gasteiger partial charge in [0.15, 0.2) is 0 Å². The third-order valence-electron chi connectivity index (χ3n) is 3.37. The SMILES string of the molecule is CC1=CC[C@@H](C[C@@H]2CCCO2)CC1. The summed E-state index contributed by atoms with van der Waals surface area (Å²) in [6, 6.07) is 0. The normalized spacial score (nSPS) is 34.7. The van der Waals surface area contributed by atoms with Gasteiger partial charge in [-0.3, -0.25) is 0 Å². The fourth-order valence-electron chi connectivity index (χ4n) is 2.44. The van der Waals surface area contributed by atoms with Crippen LogP contribution in [0.3, 0.4) is 0 Å². The van der Waals surface area contributed by atoms with Crippen molar-refractivity contribution in [3.8, 4) is 0 Å². The number of allylic oxidation sites excluding steroid dienone is 2. The fourth-order valence-corrected chi connectivity index (χ4v) is 2.44. The lowest BCUT2D eigenvalue weighted by Crippen LogP contribution is -2.14. The molecular formula is C12H20O. The van der Waals surface area contributed by atoms with E-state index in [0.717, 1.165) is 12.5 Å². The largest absolute Gasteiger partial charge is 0.378 e. The van der Waals surface area contributed by atoms with Gasteiger partial charge in [-0.25, -0.2) is 0 Å². The van der Waals surface area contributed by atoms with E-state index < -0.39 is 0 Å². The molecule has 0 aromatic carbocycles. The van der Waals surface area contributed by atoms with Crippen LogP contribution < -0.4 is 0 Å². The highest BCUT2D eigenvalue weighted by Gasteiger charge is 2.21. The summed E-state index contributed by atoms with van der Waals surface area (Å²) >= 11 is 0. The maximum Gasteiger partial charge on any atom is 0.0578 e. The van der Waals surface area contributed by atoms with Crippen molar-refractivity contribution >= 4 is 0 Å². The zero-order valence-corrected chi connectivity index (χ0v) is 8.59. The van der Waals surface area contributed by atoms with Gasteiger partial charge in [0.25, 0.3) is 0 Å². The van der Waals surface area contributed by atoms with Crippen LogP contribution in [-0.4, -0.2) is 12.7 Å². The van der Waals surface area contributed by atoms with Crippen molar-refractivity contribution in [2.45, 2.75) is 51.6 Å². The first-order valence-corrected chi connectivity index (χ1v) is 5.62. The third kappa shape index (κ3) is 2.57. The smallest absolute Gasteiger partial charge is 0.0578 e. The van der Waals surface area contributed by atoms with E-state index in [0.29, 0.717) is 6.10 Å². The lowest BCUT2D eigenvalue weighted by atomic mass is 9.86. The molecule has 0 unspecified atom stereocenters. The first-order valence-electron chi connectivity index (χ1n) is 5.62. The topological polar surface area (TPSA) is 9.23 Å². The minimum absolute atomic E-state index is 0.594. The fraction of sp³-hybridized carbons (Fsp3) is 0.833. The average molecular weight is 180 g/mol. The van der Waals surface area contributed by atoms with Gasteiger partial charge in [0, 0.05) is 6.61 Å². The maximum atomic E-state index is 5.66. The highest BCUT2D eigenvalue weighted by molar-refractivity contribution is 5.03. The molecule has 1 aliphatic carbocycles. The van der Waals surface area contributed by atoms with Gasteiger partial charge in [0.05, 0.1) is 6.10 Å². The van der Waals surface area contributed by atoms with Gasteiger partial charge in [-0.05, 0) is 51.4 Å². The lowest BCUT2D eigenvalue weighted by Gasteiger charge is -2.22. The molecule has 2 aliphatic rings. The molecule has 1 saturated heterocycles. The van der Waals surface area contributed by atoms with Gasteiger partial charge >= 0.3 is 0 Å². The van der Waals surface area contributed by atoms with Gasteiger partial charge < -0.3 is 4.74 Å². The molecule has 2 rings (SSSR count). The van der Waals surface area contributed by atoms with Gasteiger partial charge in [0.1, 0.15) is 0 Å². The maximum absolute atomic E-state index is 5.66. The number of rotatable bonds is 2. The van der Waals surface area contributed by atoms with Crippen LogP contribution >= 0.6 is 0 Å². The molecule has 74 valence electrons. The molecule has 0 bridgehead atoms. The Balaban J connectivity index is 1.76. The Hall–Kier alpha value is -0.300. The van der Waals surface area contributed by atoms with E-state index in [9.17, 15) is 0 Å². The number of hydrogen-bond donors (Lipinski definition) is 0. The third-order valence-corrected chi connectivity index (χ3v) is 3.37. The van der Waals surface area contributed by atoms with Gasteiger partial charge in [-0.15, -0.1) is 0 Å². The highest BCUT2D eigenvalue weighted by Crippen LogP contribution is 2.29. The first-order chi connectivity index (χ1) is 6.34. The van der Waals surface area contributed by atoms with Crippen LogP contribution in [-0.2, 0) is 4.74 Å². The average Bonchev–Trinajstić information content (AvgIpc) is 2.62. The second kappa shape index (κ2) is 4.28. The lowest BCUT2D eigenvalue weighted by molar-refractivity contribution is 0.0878. The van der Waals surface area contributed by atoms with Crippen molar-refractivity contribution in [1.82, 2.24) is 0 Å². The van der Waals surface area contributed by atoms with Crippen LogP contribution in [0.25, 0.3) is 0 Å². The molecule has 1 aliphatic heterocycles. The first kappa shape index (κ1) is 9.26. The summed E-state index contributed by atoms with van der Waals surface area (Å²) < 4.78 is 5.66. The quantitative estimate of drug-likeness (QED) is 0.592. The molecule has 1 fully saturated rings. The summed E-state index contributed by atoms with van der Waals surface area (Å²) in [5.41, 5.74) is 1.59. The van der Waals surface area contributed by atoms with Crippen molar-refractivity contribution in [1.29, 1.82) is 0 Å². The van der Waals surface area contributed by atoms with E-state index >= 15 is 0 Å². The molecule has 0 amide bonds. The Labute approximate surface area is 81.2 Å². The van der Waals surface area contributed by atoms with Crippen molar-refractivity contribution in [2.75, 3.05) is 6.61 Å².